The van der Waals surface area contributed by atoms with Crippen LogP contribution in [0.5, 0.6) is 0 Å². The number of hydrogen-bond donors (Lipinski definition) is 3. The Hall–Kier alpha value is -4.11. The Morgan fingerprint density at radius 2 is 1.97 bits per heavy atom. The number of carbonyl (C=O) groups excluding carboxylic acids is 1. The molecule has 9 nitrogen and oxygen atoms in total. The molecule has 0 saturated carbocycles. The summed E-state index contributed by atoms with van der Waals surface area (Å²) < 4.78 is 0. The predicted octanol–water partition coefficient (Wildman–Crippen LogP) is 2.39. The molecule has 0 radical (unpaired) electrons. The molecule has 1 unspecified atom stereocenters. The molecule has 1 amide bonds. The Labute approximate surface area is 191 Å². The van der Waals surface area contributed by atoms with Gasteiger partial charge in [-0.05, 0) is 48.9 Å². The lowest BCUT2D eigenvalue weighted by Gasteiger charge is -2.36. The number of hydrogen-bond acceptors (Lipinski definition) is 8. The number of benzene rings is 1. The van der Waals surface area contributed by atoms with E-state index >= 15 is 0 Å². The summed E-state index contributed by atoms with van der Waals surface area (Å²) in [5.74, 6) is 0.579. The highest BCUT2D eigenvalue weighted by Gasteiger charge is 2.31. The number of piperazine rings is 1. The Morgan fingerprint density at radius 1 is 1.12 bits per heavy atom. The fourth-order valence-electron chi connectivity index (χ4n) is 4.04. The molecule has 1 aliphatic heterocycles. The largest absolute Gasteiger partial charge is 0.368 e. The average Bonchev–Trinajstić information content (AvgIpc) is 2.84. The van der Waals surface area contributed by atoms with Gasteiger partial charge < -0.3 is 21.3 Å². The molecule has 9 heteroatoms. The van der Waals surface area contributed by atoms with E-state index in [4.69, 9.17) is 10.7 Å². The van der Waals surface area contributed by atoms with Gasteiger partial charge in [-0.1, -0.05) is 12.1 Å². The summed E-state index contributed by atoms with van der Waals surface area (Å²) in [6, 6.07) is 14.8. The average molecular weight is 441 g/mol. The highest BCUT2D eigenvalue weighted by molar-refractivity contribution is 5.99. The number of amides is 1. The third-order valence-electron chi connectivity index (χ3n) is 5.62. The molecule has 4 heterocycles. The van der Waals surface area contributed by atoms with Crippen LogP contribution in [0.1, 0.15) is 5.56 Å². The highest BCUT2D eigenvalue weighted by Crippen LogP contribution is 2.28. The second-order valence-corrected chi connectivity index (χ2v) is 7.98. The summed E-state index contributed by atoms with van der Waals surface area (Å²) in [4.78, 5) is 33.1. The molecule has 1 saturated heterocycles. The van der Waals surface area contributed by atoms with Crippen molar-refractivity contribution in [2.75, 3.05) is 35.6 Å². The smallest absolute Gasteiger partial charge is 0.248 e. The number of nitrogens with one attached hydrogen (secondary N) is 2. The molecule has 1 atom stereocenters. The van der Waals surface area contributed by atoms with E-state index in [-0.39, 0.29) is 11.9 Å². The summed E-state index contributed by atoms with van der Waals surface area (Å²) >= 11 is 0. The predicted molar refractivity (Wildman–Crippen MR) is 129 cm³/mol. The van der Waals surface area contributed by atoms with Crippen LogP contribution < -0.4 is 21.3 Å². The van der Waals surface area contributed by atoms with Gasteiger partial charge in [-0.25, -0.2) is 9.97 Å². The van der Waals surface area contributed by atoms with Gasteiger partial charge in [0.15, 0.2) is 5.82 Å². The molecule has 1 aromatic carbocycles. The molecule has 4 aromatic rings. The monoisotopic (exact) mass is 440 g/mol. The quantitative estimate of drug-likeness (QED) is 0.442. The van der Waals surface area contributed by atoms with Gasteiger partial charge in [0.2, 0.25) is 11.9 Å². The maximum atomic E-state index is 13.3. The van der Waals surface area contributed by atoms with E-state index in [0.29, 0.717) is 36.5 Å². The van der Waals surface area contributed by atoms with Crippen LogP contribution in [0.4, 0.5) is 17.5 Å². The number of pyridine rings is 2. The maximum Gasteiger partial charge on any atom is 0.248 e. The van der Waals surface area contributed by atoms with E-state index in [2.05, 4.69) is 25.6 Å². The first kappa shape index (κ1) is 20.8. The lowest BCUT2D eigenvalue weighted by molar-refractivity contribution is -0.117. The van der Waals surface area contributed by atoms with Crippen molar-refractivity contribution in [3.8, 4) is 11.3 Å². The standard InChI is InChI=1S/C24H24N8O/c1-15-3-2-4-17(13-15)28-23(33)20-14-27-11-12-32(20)22-21-19(30-24(25)31-22)6-5-18(29-21)16-7-9-26-10-8-16/h2-10,13,20,27H,11-12,14H2,1H3,(H,28,33)(H2,25,30,31). The number of aryl methyl sites for hydroxylation is 1. The Kier molecular flexibility index (Phi) is 5.54. The minimum Gasteiger partial charge on any atom is -0.368 e. The fourth-order valence-corrected chi connectivity index (χ4v) is 4.04. The van der Waals surface area contributed by atoms with E-state index in [1.54, 1.807) is 12.4 Å². The molecule has 0 bridgehead atoms. The van der Waals surface area contributed by atoms with Crippen molar-refractivity contribution in [2.45, 2.75) is 13.0 Å². The van der Waals surface area contributed by atoms with Gasteiger partial charge in [-0.15, -0.1) is 0 Å². The molecular weight excluding hydrogens is 416 g/mol. The van der Waals surface area contributed by atoms with Crippen molar-refractivity contribution in [1.82, 2.24) is 25.3 Å². The van der Waals surface area contributed by atoms with E-state index in [0.717, 1.165) is 22.5 Å². The van der Waals surface area contributed by atoms with Crippen molar-refractivity contribution in [2.24, 2.45) is 0 Å². The second kappa shape index (κ2) is 8.79. The lowest BCUT2D eigenvalue weighted by Crippen LogP contribution is -2.57. The highest BCUT2D eigenvalue weighted by atomic mass is 16.2. The van der Waals surface area contributed by atoms with Gasteiger partial charge in [0.05, 0.1) is 11.2 Å². The van der Waals surface area contributed by atoms with Crippen molar-refractivity contribution < 1.29 is 4.79 Å². The van der Waals surface area contributed by atoms with Gasteiger partial charge >= 0.3 is 0 Å². The van der Waals surface area contributed by atoms with Crippen molar-refractivity contribution in [1.29, 1.82) is 0 Å². The lowest BCUT2D eigenvalue weighted by atomic mass is 10.1. The summed E-state index contributed by atoms with van der Waals surface area (Å²) in [5, 5.41) is 6.34. The van der Waals surface area contributed by atoms with Crippen LogP contribution in [0.3, 0.4) is 0 Å². The molecule has 1 fully saturated rings. The Balaban J connectivity index is 1.54. The van der Waals surface area contributed by atoms with E-state index < -0.39 is 6.04 Å². The normalized spacial score (nSPS) is 16.0. The molecular formula is C24H24N8O. The van der Waals surface area contributed by atoms with Crippen LogP contribution in [0, 0.1) is 6.92 Å². The van der Waals surface area contributed by atoms with Gasteiger partial charge in [0.25, 0.3) is 0 Å². The molecule has 33 heavy (non-hydrogen) atoms. The third kappa shape index (κ3) is 4.31. The number of rotatable bonds is 4. The van der Waals surface area contributed by atoms with Crippen molar-refractivity contribution in [3.63, 3.8) is 0 Å². The van der Waals surface area contributed by atoms with E-state index in [9.17, 15) is 4.79 Å². The summed E-state index contributed by atoms with van der Waals surface area (Å²) in [6.45, 7) is 3.77. The minimum atomic E-state index is -0.483. The van der Waals surface area contributed by atoms with E-state index in [1.807, 2.05) is 60.4 Å². The SMILES string of the molecule is Cc1cccc(NC(=O)C2CNCCN2c2nc(N)nc3ccc(-c4ccncc4)nc23)c1. The molecule has 5 rings (SSSR count). The van der Waals surface area contributed by atoms with Gasteiger partial charge in [-0.2, -0.15) is 4.98 Å². The molecule has 166 valence electrons. The summed E-state index contributed by atoms with van der Waals surface area (Å²) in [6.07, 6.45) is 3.45. The first-order valence-electron chi connectivity index (χ1n) is 10.8. The first-order valence-corrected chi connectivity index (χ1v) is 10.8. The van der Waals surface area contributed by atoms with Crippen molar-refractivity contribution >= 4 is 34.4 Å². The van der Waals surface area contributed by atoms with Crippen LogP contribution in [-0.2, 0) is 4.79 Å². The van der Waals surface area contributed by atoms with Crippen LogP contribution in [-0.4, -0.2) is 51.5 Å². The minimum absolute atomic E-state index is 0.122. The van der Waals surface area contributed by atoms with Crippen LogP contribution in [0.15, 0.2) is 60.9 Å². The number of carbonyl (C=O) groups is 1. The second-order valence-electron chi connectivity index (χ2n) is 7.98. The number of nitrogen functional groups attached to an aromatic ring is 1. The Bertz CT molecular complexity index is 1310. The number of nitrogens with two attached hydrogens (primary N) is 1. The topological polar surface area (TPSA) is 122 Å². The zero-order chi connectivity index (χ0) is 22.8. The van der Waals surface area contributed by atoms with Crippen molar-refractivity contribution in [3.05, 3.63) is 66.5 Å². The van der Waals surface area contributed by atoms with Gasteiger partial charge in [0.1, 0.15) is 11.6 Å². The number of fused-ring (bicyclic) bond motifs is 1. The van der Waals surface area contributed by atoms with E-state index in [1.165, 1.54) is 0 Å². The molecule has 1 aliphatic rings. The van der Waals surface area contributed by atoms with Gasteiger partial charge in [0, 0.05) is 43.3 Å². The number of aromatic nitrogens is 4. The molecule has 0 spiro atoms. The summed E-state index contributed by atoms with van der Waals surface area (Å²) in [7, 11) is 0. The van der Waals surface area contributed by atoms with Crippen LogP contribution in [0.25, 0.3) is 22.3 Å². The van der Waals surface area contributed by atoms with Crippen LogP contribution in [0.2, 0.25) is 0 Å². The molecule has 3 aromatic heterocycles. The van der Waals surface area contributed by atoms with Gasteiger partial charge in [-0.3, -0.25) is 9.78 Å². The molecule has 4 N–H and O–H groups in total. The number of nitrogens with zero attached hydrogens (tertiary/aromatic N) is 5. The molecule has 0 aliphatic carbocycles. The third-order valence-corrected chi connectivity index (χ3v) is 5.62. The zero-order valence-corrected chi connectivity index (χ0v) is 18.2. The number of anilines is 3. The van der Waals surface area contributed by atoms with Crippen LogP contribution >= 0.6 is 0 Å². The summed E-state index contributed by atoms with van der Waals surface area (Å²) in [5.41, 5.74) is 10.8. The fraction of sp³-hybridized carbons (Fsp3) is 0.208. The Morgan fingerprint density at radius 3 is 2.79 bits per heavy atom. The zero-order valence-electron chi connectivity index (χ0n) is 18.2. The first-order chi connectivity index (χ1) is 16.1. The maximum absolute atomic E-state index is 13.3.